The Morgan fingerprint density at radius 3 is 2.68 bits per heavy atom. The van der Waals surface area contributed by atoms with Crippen molar-refractivity contribution in [3.63, 3.8) is 0 Å². The van der Waals surface area contributed by atoms with E-state index in [9.17, 15) is 9.59 Å². The van der Waals surface area contributed by atoms with Crippen LogP contribution in [0.1, 0.15) is 30.9 Å². The van der Waals surface area contributed by atoms with Crippen molar-refractivity contribution in [3.05, 3.63) is 59.7 Å². The molecule has 2 aromatic rings. The van der Waals surface area contributed by atoms with E-state index in [1.807, 2.05) is 60.4 Å². The average molecular weight is 337 g/mol. The first-order valence-electron chi connectivity index (χ1n) is 8.69. The van der Waals surface area contributed by atoms with E-state index in [4.69, 9.17) is 0 Å². The molecule has 0 atom stereocenters. The van der Waals surface area contributed by atoms with Crippen molar-refractivity contribution >= 4 is 23.3 Å². The van der Waals surface area contributed by atoms with E-state index in [0.29, 0.717) is 18.7 Å². The van der Waals surface area contributed by atoms with E-state index in [-0.39, 0.29) is 11.9 Å². The lowest BCUT2D eigenvalue weighted by Gasteiger charge is -2.29. The third-order valence-corrected chi connectivity index (χ3v) is 4.36. The number of nitrogens with zero attached hydrogens (tertiary/aromatic N) is 1. The summed E-state index contributed by atoms with van der Waals surface area (Å²) < 4.78 is 0. The van der Waals surface area contributed by atoms with Gasteiger partial charge in [-0.2, -0.15) is 0 Å². The SMILES string of the molecule is CCC(=O)N1CCCc2ccc(NC(=O)NCc3ccccc3)cc21. The second kappa shape index (κ2) is 7.83. The maximum absolute atomic E-state index is 12.1. The third kappa shape index (κ3) is 4.18. The topological polar surface area (TPSA) is 61.4 Å². The molecule has 5 heteroatoms. The summed E-state index contributed by atoms with van der Waals surface area (Å²) in [5, 5.41) is 5.69. The van der Waals surface area contributed by atoms with Crippen molar-refractivity contribution in [3.8, 4) is 0 Å². The number of hydrogen-bond donors (Lipinski definition) is 2. The average Bonchev–Trinajstić information content (AvgIpc) is 2.66. The molecule has 0 spiro atoms. The Kier molecular flexibility index (Phi) is 5.33. The van der Waals surface area contributed by atoms with Gasteiger partial charge >= 0.3 is 6.03 Å². The molecule has 0 saturated carbocycles. The molecule has 5 nitrogen and oxygen atoms in total. The van der Waals surface area contributed by atoms with Crippen LogP contribution >= 0.6 is 0 Å². The summed E-state index contributed by atoms with van der Waals surface area (Å²) in [6.07, 6.45) is 2.42. The first kappa shape index (κ1) is 17.0. The number of anilines is 2. The van der Waals surface area contributed by atoms with Gasteiger partial charge in [0.1, 0.15) is 0 Å². The molecular weight excluding hydrogens is 314 g/mol. The number of rotatable bonds is 4. The minimum Gasteiger partial charge on any atom is -0.334 e. The second-order valence-corrected chi connectivity index (χ2v) is 6.14. The number of fused-ring (bicyclic) bond motifs is 1. The van der Waals surface area contributed by atoms with Gasteiger partial charge < -0.3 is 15.5 Å². The molecule has 1 heterocycles. The molecule has 1 aliphatic heterocycles. The predicted octanol–water partition coefficient (Wildman–Crippen LogP) is 3.70. The van der Waals surface area contributed by atoms with Gasteiger partial charge in [-0.05, 0) is 36.1 Å². The number of urea groups is 1. The summed E-state index contributed by atoms with van der Waals surface area (Å²) >= 11 is 0. The molecule has 25 heavy (non-hydrogen) atoms. The minimum absolute atomic E-state index is 0.117. The molecule has 1 aliphatic rings. The Morgan fingerprint density at radius 2 is 1.92 bits per heavy atom. The van der Waals surface area contributed by atoms with Gasteiger partial charge in [-0.3, -0.25) is 4.79 Å². The van der Waals surface area contributed by atoms with Gasteiger partial charge in [0.2, 0.25) is 5.91 Å². The maximum atomic E-state index is 12.1. The Balaban J connectivity index is 1.67. The van der Waals surface area contributed by atoms with Gasteiger partial charge in [0, 0.05) is 30.9 Å². The zero-order valence-corrected chi connectivity index (χ0v) is 14.4. The second-order valence-electron chi connectivity index (χ2n) is 6.14. The van der Waals surface area contributed by atoms with Crippen molar-refractivity contribution in [1.29, 1.82) is 0 Å². The first-order chi connectivity index (χ1) is 12.2. The molecule has 0 unspecified atom stereocenters. The zero-order chi connectivity index (χ0) is 17.6. The molecule has 2 N–H and O–H groups in total. The van der Waals surface area contributed by atoms with Gasteiger partial charge in [0.15, 0.2) is 0 Å². The molecule has 2 aromatic carbocycles. The molecule has 3 rings (SSSR count). The highest BCUT2D eigenvalue weighted by Gasteiger charge is 2.21. The summed E-state index contributed by atoms with van der Waals surface area (Å²) in [4.78, 5) is 26.1. The van der Waals surface area contributed by atoms with E-state index in [1.165, 1.54) is 0 Å². The van der Waals surface area contributed by atoms with Crippen molar-refractivity contribution < 1.29 is 9.59 Å². The highest BCUT2D eigenvalue weighted by atomic mass is 16.2. The number of aryl methyl sites for hydroxylation is 1. The molecular formula is C20H23N3O2. The molecule has 130 valence electrons. The minimum atomic E-state index is -0.256. The lowest BCUT2D eigenvalue weighted by atomic mass is 10.0. The number of benzene rings is 2. The van der Waals surface area contributed by atoms with Crippen LogP contribution in [-0.2, 0) is 17.8 Å². The fourth-order valence-electron chi connectivity index (χ4n) is 3.06. The number of hydrogen-bond acceptors (Lipinski definition) is 2. The van der Waals surface area contributed by atoms with Gasteiger partial charge in [-0.25, -0.2) is 4.79 Å². The first-order valence-corrected chi connectivity index (χ1v) is 8.69. The van der Waals surface area contributed by atoms with E-state index in [1.54, 1.807) is 0 Å². The van der Waals surface area contributed by atoms with Crippen LogP contribution in [0.4, 0.5) is 16.2 Å². The Hall–Kier alpha value is -2.82. The highest BCUT2D eigenvalue weighted by molar-refractivity contribution is 5.96. The lowest BCUT2D eigenvalue weighted by Crippen LogP contribution is -2.35. The van der Waals surface area contributed by atoms with Gasteiger partial charge in [-0.15, -0.1) is 0 Å². The Bertz CT molecular complexity index is 759. The fraction of sp³-hybridized carbons (Fsp3) is 0.300. The van der Waals surface area contributed by atoms with Crippen molar-refractivity contribution in [2.75, 3.05) is 16.8 Å². The molecule has 0 saturated heterocycles. The van der Waals surface area contributed by atoms with E-state index >= 15 is 0 Å². The highest BCUT2D eigenvalue weighted by Crippen LogP contribution is 2.30. The smallest absolute Gasteiger partial charge is 0.319 e. The largest absolute Gasteiger partial charge is 0.334 e. The van der Waals surface area contributed by atoms with Crippen molar-refractivity contribution in [2.24, 2.45) is 0 Å². The van der Waals surface area contributed by atoms with Crippen LogP contribution in [0.15, 0.2) is 48.5 Å². The van der Waals surface area contributed by atoms with Crippen LogP contribution < -0.4 is 15.5 Å². The van der Waals surface area contributed by atoms with Crippen LogP contribution in [0.25, 0.3) is 0 Å². The zero-order valence-electron chi connectivity index (χ0n) is 14.4. The van der Waals surface area contributed by atoms with Gasteiger partial charge in [-0.1, -0.05) is 43.3 Å². The van der Waals surface area contributed by atoms with Gasteiger partial charge in [0.25, 0.3) is 0 Å². The van der Waals surface area contributed by atoms with E-state index in [2.05, 4.69) is 10.6 Å². The molecule has 3 amide bonds. The quantitative estimate of drug-likeness (QED) is 0.894. The predicted molar refractivity (Wildman–Crippen MR) is 99.7 cm³/mol. The Labute approximate surface area is 148 Å². The molecule has 0 fully saturated rings. The maximum Gasteiger partial charge on any atom is 0.319 e. The van der Waals surface area contributed by atoms with E-state index in [0.717, 1.165) is 36.2 Å². The molecule has 0 aromatic heterocycles. The summed E-state index contributed by atoms with van der Waals surface area (Å²) in [6.45, 7) is 3.08. The van der Waals surface area contributed by atoms with Crippen LogP contribution in [0.2, 0.25) is 0 Å². The summed E-state index contributed by atoms with van der Waals surface area (Å²) in [7, 11) is 0. The normalized spacial score (nSPS) is 13.1. The fourth-order valence-corrected chi connectivity index (χ4v) is 3.06. The van der Waals surface area contributed by atoms with E-state index < -0.39 is 0 Å². The van der Waals surface area contributed by atoms with Crippen molar-refractivity contribution in [2.45, 2.75) is 32.7 Å². The van der Waals surface area contributed by atoms with Crippen LogP contribution in [-0.4, -0.2) is 18.5 Å². The number of nitrogens with one attached hydrogen (secondary N) is 2. The monoisotopic (exact) mass is 337 g/mol. The lowest BCUT2D eigenvalue weighted by molar-refractivity contribution is -0.118. The molecule has 0 aliphatic carbocycles. The number of carbonyl (C=O) groups is 2. The Morgan fingerprint density at radius 1 is 1.12 bits per heavy atom. The molecule has 0 radical (unpaired) electrons. The standard InChI is InChI=1S/C20H23N3O2/c1-2-19(24)23-12-6-9-16-10-11-17(13-18(16)23)22-20(25)21-14-15-7-4-3-5-8-15/h3-5,7-8,10-11,13H,2,6,9,12,14H2,1H3,(H2,21,22,25). The third-order valence-electron chi connectivity index (χ3n) is 4.36. The summed E-state index contributed by atoms with van der Waals surface area (Å²) in [5.74, 6) is 0.117. The summed E-state index contributed by atoms with van der Waals surface area (Å²) in [6, 6.07) is 15.3. The van der Waals surface area contributed by atoms with Crippen LogP contribution in [0.3, 0.4) is 0 Å². The molecule has 0 bridgehead atoms. The van der Waals surface area contributed by atoms with Crippen molar-refractivity contribution in [1.82, 2.24) is 5.32 Å². The van der Waals surface area contributed by atoms with Crippen LogP contribution in [0, 0.1) is 0 Å². The summed E-state index contributed by atoms with van der Waals surface area (Å²) in [5.41, 5.74) is 3.81. The van der Waals surface area contributed by atoms with Gasteiger partial charge in [0.05, 0.1) is 0 Å². The number of carbonyl (C=O) groups excluding carboxylic acids is 2. The number of amides is 3. The van der Waals surface area contributed by atoms with Crippen LogP contribution in [0.5, 0.6) is 0 Å².